The number of benzene rings is 3. The van der Waals surface area contributed by atoms with Gasteiger partial charge in [-0.25, -0.2) is 0 Å². The number of rotatable bonds is 7. The largest absolute Gasteiger partial charge is 0.358 e. The number of aromatic nitrogens is 1. The topological polar surface area (TPSA) is 74.0 Å². The summed E-state index contributed by atoms with van der Waals surface area (Å²) in [5, 5.41) is 7.14. The van der Waals surface area contributed by atoms with Gasteiger partial charge in [0.1, 0.15) is 5.70 Å². The molecule has 166 valence electrons. The first kappa shape index (κ1) is 22.4. The molecule has 0 bridgehead atoms. The van der Waals surface area contributed by atoms with Crippen LogP contribution in [0.15, 0.2) is 84.6 Å². The number of H-pyrrole nitrogens is 1. The number of nitrogens with one attached hydrogen (secondary N) is 3. The molecule has 1 aromatic heterocycles. The normalized spacial score (nSPS) is 11.4. The van der Waals surface area contributed by atoms with E-state index in [9.17, 15) is 9.59 Å². The van der Waals surface area contributed by atoms with Crippen molar-refractivity contribution in [3.8, 4) is 0 Å². The molecule has 0 spiro atoms. The highest BCUT2D eigenvalue weighted by atomic mass is 35.5. The number of carbonyl (C=O) groups excluding carboxylic acids is 2. The fourth-order valence-electron chi connectivity index (χ4n) is 3.76. The lowest BCUT2D eigenvalue weighted by atomic mass is 10.1. The van der Waals surface area contributed by atoms with Gasteiger partial charge in [0.2, 0.25) is 0 Å². The number of fused-ring (bicyclic) bond motifs is 1. The van der Waals surface area contributed by atoms with E-state index in [0.717, 1.165) is 22.2 Å². The van der Waals surface area contributed by atoms with Crippen molar-refractivity contribution >= 4 is 40.4 Å². The number of halogens is 1. The highest BCUT2D eigenvalue weighted by Gasteiger charge is 2.17. The van der Waals surface area contributed by atoms with Gasteiger partial charge in [-0.15, -0.1) is 0 Å². The van der Waals surface area contributed by atoms with E-state index in [0.29, 0.717) is 23.6 Å². The van der Waals surface area contributed by atoms with Crippen LogP contribution in [-0.4, -0.2) is 23.3 Å². The Hall–Kier alpha value is -3.83. The van der Waals surface area contributed by atoms with E-state index >= 15 is 0 Å². The van der Waals surface area contributed by atoms with E-state index in [4.69, 9.17) is 11.6 Å². The van der Waals surface area contributed by atoms with Gasteiger partial charge in [-0.2, -0.15) is 0 Å². The van der Waals surface area contributed by atoms with Crippen molar-refractivity contribution in [2.45, 2.75) is 13.3 Å². The molecule has 33 heavy (non-hydrogen) atoms. The monoisotopic (exact) mass is 457 g/mol. The molecular formula is C27H24ClN3O2. The standard InChI is InChI=1S/C27H24ClN3O2/c1-18-20(21-11-6-8-14-24(21)30-18)15-16-29-27(33)25(17-19-9-3-2-4-10-19)31-26(32)22-12-5-7-13-23(22)28/h2-14,17,30H,15-16H2,1H3,(H,29,33)(H,31,32). The third-order valence-corrected chi connectivity index (χ3v) is 5.74. The Labute approximate surface area is 197 Å². The molecule has 1 heterocycles. The molecule has 0 aliphatic heterocycles. The highest BCUT2D eigenvalue weighted by molar-refractivity contribution is 6.34. The van der Waals surface area contributed by atoms with Crippen LogP contribution < -0.4 is 10.6 Å². The van der Waals surface area contributed by atoms with Gasteiger partial charge >= 0.3 is 0 Å². The van der Waals surface area contributed by atoms with Crippen LogP contribution in [0.25, 0.3) is 17.0 Å². The Morgan fingerprint density at radius 2 is 1.64 bits per heavy atom. The van der Waals surface area contributed by atoms with Crippen molar-refractivity contribution in [2.75, 3.05) is 6.54 Å². The molecule has 3 N–H and O–H groups in total. The minimum Gasteiger partial charge on any atom is -0.358 e. The molecule has 6 heteroatoms. The van der Waals surface area contributed by atoms with Gasteiger partial charge in [-0.3, -0.25) is 9.59 Å². The van der Waals surface area contributed by atoms with Crippen LogP contribution in [0.1, 0.15) is 27.2 Å². The van der Waals surface area contributed by atoms with E-state index in [-0.39, 0.29) is 11.6 Å². The van der Waals surface area contributed by atoms with Gasteiger partial charge in [0, 0.05) is 23.1 Å². The molecule has 0 radical (unpaired) electrons. The number of aryl methyl sites for hydroxylation is 1. The highest BCUT2D eigenvalue weighted by Crippen LogP contribution is 2.22. The van der Waals surface area contributed by atoms with Gasteiger partial charge in [0.05, 0.1) is 10.6 Å². The van der Waals surface area contributed by atoms with Crippen LogP contribution in [0.5, 0.6) is 0 Å². The summed E-state index contributed by atoms with van der Waals surface area (Å²) in [6.45, 7) is 2.46. The molecule has 0 fully saturated rings. The number of hydrogen-bond donors (Lipinski definition) is 3. The lowest BCUT2D eigenvalue weighted by Crippen LogP contribution is -2.35. The van der Waals surface area contributed by atoms with Crippen molar-refractivity contribution in [2.24, 2.45) is 0 Å². The number of aromatic amines is 1. The summed E-state index contributed by atoms with van der Waals surface area (Å²) in [5.41, 5.74) is 4.59. The van der Waals surface area contributed by atoms with Crippen molar-refractivity contribution in [3.05, 3.63) is 112 Å². The minimum absolute atomic E-state index is 0.154. The summed E-state index contributed by atoms with van der Waals surface area (Å²) in [7, 11) is 0. The molecule has 0 saturated heterocycles. The zero-order valence-corrected chi connectivity index (χ0v) is 18.9. The molecule has 0 atom stereocenters. The summed E-state index contributed by atoms with van der Waals surface area (Å²) in [6.07, 6.45) is 2.32. The molecule has 0 aliphatic carbocycles. The maximum absolute atomic E-state index is 13.0. The number of carbonyl (C=O) groups is 2. The Kier molecular flexibility index (Phi) is 6.91. The molecule has 5 nitrogen and oxygen atoms in total. The molecule has 0 aliphatic rings. The van der Waals surface area contributed by atoms with E-state index in [2.05, 4.69) is 21.7 Å². The maximum Gasteiger partial charge on any atom is 0.267 e. The quantitative estimate of drug-likeness (QED) is 0.331. The summed E-state index contributed by atoms with van der Waals surface area (Å²) in [4.78, 5) is 29.2. The van der Waals surface area contributed by atoms with Crippen molar-refractivity contribution in [1.82, 2.24) is 15.6 Å². The molecule has 4 rings (SSSR count). The first-order valence-corrected chi connectivity index (χ1v) is 11.1. The molecular weight excluding hydrogens is 434 g/mol. The number of amides is 2. The number of hydrogen-bond acceptors (Lipinski definition) is 2. The smallest absolute Gasteiger partial charge is 0.267 e. The summed E-state index contributed by atoms with van der Waals surface area (Å²) in [6, 6.07) is 24.2. The first-order valence-electron chi connectivity index (χ1n) is 10.7. The summed E-state index contributed by atoms with van der Waals surface area (Å²) >= 11 is 6.16. The second-order valence-corrected chi connectivity index (χ2v) is 8.09. The second-order valence-electron chi connectivity index (χ2n) is 7.68. The van der Waals surface area contributed by atoms with Crippen LogP contribution in [0.4, 0.5) is 0 Å². The van der Waals surface area contributed by atoms with Crippen LogP contribution in [0, 0.1) is 6.92 Å². The van der Waals surface area contributed by atoms with Gasteiger partial charge in [-0.05, 0) is 48.7 Å². The van der Waals surface area contributed by atoms with Crippen LogP contribution >= 0.6 is 11.6 Å². The van der Waals surface area contributed by atoms with E-state index in [1.807, 2.05) is 55.5 Å². The Bertz CT molecular complexity index is 1330. The predicted molar refractivity (Wildman–Crippen MR) is 133 cm³/mol. The van der Waals surface area contributed by atoms with Gasteiger partial charge in [-0.1, -0.05) is 72.3 Å². The zero-order valence-electron chi connectivity index (χ0n) is 18.2. The molecule has 2 amide bonds. The first-order chi connectivity index (χ1) is 16.0. The summed E-state index contributed by atoms with van der Waals surface area (Å²) < 4.78 is 0. The fourth-order valence-corrected chi connectivity index (χ4v) is 3.98. The van der Waals surface area contributed by atoms with E-state index in [1.54, 1.807) is 30.3 Å². The predicted octanol–water partition coefficient (Wildman–Crippen LogP) is 5.26. The van der Waals surface area contributed by atoms with Gasteiger partial charge in [0.15, 0.2) is 0 Å². The van der Waals surface area contributed by atoms with Crippen molar-refractivity contribution in [1.29, 1.82) is 0 Å². The Morgan fingerprint density at radius 3 is 2.42 bits per heavy atom. The van der Waals surface area contributed by atoms with E-state index < -0.39 is 5.91 Å². The lowest BCUT2D eigenvalue weighted by molar-refractivity contribution is -0.117. The van der Waals surface area contributed by atoms with Gasteiger partial charge < -0.3 is 15.6 Å². The number of para-hydroxylation sites is 1. The van der Waals surface area contributed by atoms with Gasteiger partial charge in [0.25, 0.3) is 11.8 Å². The minimum atomic E-state index is -0.439. The van der Waals surface area contributed by atoms with Crippen LogP contribution in [-0.2, 0) is 11.2 Å². The molecule has 0 unspecified atom stereocenters. The lowest BCUT2D eigenvalue weighted by Gasteiger charge is -2.12. The average molecular weight is 458 g/mol. The Balaban J connectivity index is 1.51. The average Bonchev–Trinajstić information content (AvgIpc) is 3.14. The second kappa shape index (κ2) is 10.2. The van der Waals surface area contributed by atoms with E-state index in [1.165, 1.54) is 5.56 Å². The zero-order chi connectivity index (χ0) is 23.2. The van der Waals surface area contributed by atoms with Crippen LogP contribution in [0.2, 0.25) is 5.02 Å². The van der Waals surface area contributed by atoms with Crippen LogP contribution in [0.3, 0.4) is 0 Å². The molecule has 3 aromatic carbocycles. The third kappa shape index (κ3) is 5.33. The molecule has 0 saturated carbocycles. The van der Waals surface area contributed by atoms with Crippen molar-refractivity contribution in [3.63, 3.8) is 0 Å². The maximum atomic E-state index is 13.0. The SMILES string of the molecule is Cc1[nH]c2ccccc2c1CCNC(=O)C(=Cc1ccccc1)NC(=O)c1ccccc1Cl. The fraction of sp³-hybridized carbons (Fsp3) is 0.111. The summed E-state index contributed by atoms with van der Waals surface area (Å²) in [5.74, 6) is -0.804. The Morgan fingerprint density at radius 1 is 0.939 bits per heavy atom. The molecule has 4 aromatic rings. The third-order valence-electron chi connectivity index (χ3n) is 5.41. The van der Waals surface area contributed by atoms with Crippen molar-refractivity contribution < 1.29 is 9.59 Å².